The third kappa shape index (κ3) is 3.16. The molecule has 0 aliphatic heterocycles. The number of carbonyl (C=O) groups excluding carboxylic acids is 1. The Hall–Kier alpha value is -1.16. The molecule has 0 amide bonds. The molecule has 0 saturated heterocycles. The molecular weight excluding hydrogens is 192 g/mol. The molecule has 0 aliphatic rings. The lowest BCUT2D eigenvalue weighted by atomic mass is 10.1. The summed E-state index contributed by atoms with van der Waals surface area (Å²) in [5.74, 6) is 1.09. The molecule has 1 rings (SSSR count). The summed E-state index contributed by atoms with van der Waals surface area (Å²) in [6.45, 7) is 1.95. The van der Waals surface area contributed by atoms with Crippen molar-refractivity contribution >= 4 is 5.78 Å². The SMILES string of the molecule is CCC(OC)C(=O)CCc1nccn1C. The van der Waals surface area contributed by atoms with Crippen molar-refractivity contribution in [3.63, 3.8) is 0 Å². The molecular formula is C11H18N2O2. The third-order valence-corrected chi connectivity index (χ3v) is 2.53. The minimum atomic E-state index is -0.259. The van der Waals surface area contributed by atoms with E-state index in [1.54, 1.807) is 13.3 Å². The monoisotopic (exact) mass is 210 g/mol. The zero-order valence-electron chi connectivity index (χ0n) is 9.56. The van der Waals surface area contributed by atoms with Gasteiger partial charge >= 0.3 is 0 Å². The molecule has 0 spiro atoms. The smallest absolute Gasteiger partial charge is 0.161 e. The van der Waals surface area contributed by atoms with Crippen molar-refractivity contribution in [2.45, 2.75) is 32.3 Å². The van der Waals surface area contributed by atoms with Crippen molar-refractivity contribution < 1.29 is 9.53 Å². The molecule has 4 heteroatoms. The maximum atomic E-state index is 11.6. The van der Waals surface area contributed by atoms with Gasteiger partial charge in [0.2, 0.25) is 0 Å². The fourth-order valence-electron chi connectivity index (χ4n) is 1.56. The number of hydrogen-bond donors (Lipinski definition) is 0. The number of carbonyl (C=O) groups is 1. The number of rotatable bonds is 6. The van der Waals surface area contributed by atoms with E-state index in [9.17, 15) is 4.79 Å². The number of ether oxygens (including phenoxy) is 1. The molecule has 0 aliphatic carbocycles. The Morgan fingerprint density at radius 3 is 2.87 bits per heavy atom. The van der Waals surface area contributed by atoms with Gasteiger partial charge in [-0.2, -0.15) is 0 Å². The molecule has 0 aromatic carbocycles. The van der Waals surface area contributed by atoms with Crippen molar-refractivity contribution in [2.24, 2.45) is 7.05 Å². The lowest BCUT2D eigenvalue weighted by molar-refractivity contribution is -0.128. The van der Waals surface area contributed by atoms with Gasteiger partial charge in [-0.25, -0.2) is 4.98 Å². The van der Waals surface area contributed by atoms with Gasteiger partial charge in [0.1, 0.15) is 11.9 Å². The molecule has 1 heterocycles. The van der Waals surface area contributed by atoms with Gasteiger partial charge in [-0.05, 0) is 6.42 Å². The highest BCUT2D eigenvalue weighted by Gasteiger charge is 2.15. The van der Waals surface area contributed by atoms with Crippen LogP contribution >= 0.6 is 0 Å². The van der Waals surface area contributed by atoms with Crippen molar-refractivity contribution in [3.05, 3.63) is 18.2 Å². The highest BCUT2D eigenvalue weighted by Crippen LogP contribution is 2.05. The van der Waals surface area contributed by atoms with Gasteiger partial charge in [-0.15, -0.1) is 0 Å². The molecule has 1 aromatic heterocycles. The van der Waals surface area contributed by atoms with Gasteiger partial charge in [0.15, 0.2) is 5.78 Å². The number of hydrogen-bond acceptors (Lipinski definition) is 3. The van der Waals surface area contributed by atoms with Crippen LogP contribution in [0.1, 0.15) is 25.6 Å². The Labute approximate surface area is 90.3 Å². The lowest BCUT2D eigenvalue weighted by Crippen LogP contribution is -2.22. The Balaban J connectivity index is 2.43. The summed E-state index contributed by atoms with van der Waals surface area (Å²) >= 11 is 0. The second-order valence-electron chi connectivity index (χ2n) is 3.55. The maximum Gasteiger partial charge on any atom is 0.161 e. The van der Waals surface area contributed by atoms with Gasteiger partial charge < -0.3 is 9.30 Å². The predicted octanol–water partition coefficient (Wildman–Crippen LogP) is 1.35. The van der Waals surface area contributed by atoms with Crippen LogP contribution in [0.4, 0.5) is 0 Å². The highest BCUT2D eigenvalue weighted by molar-refractivity contribution is 5.83. The summed E-state index contributed by atoms with van der Waals surface area (Å²) in [6.07, 6.45) is 5.28. The second kappa shape index (κ2) is 5.66. The van der Waals surface area contributed by atoms with Crippen molar-refractivity contribution in [1.29, 1.82) is 0 Å². The summed E-state index contributed by atoms with van der Waals surface area (Å²) in [5.41, 5.74) is 0. The molecule has 4 nitrogen and oxygen atoms in total. The van der Waals surface area contributed by atoms with Gasteiger partial charge in [0.25, 0.3) is 0 Å². The molecule has 0 fully saturated rings. The quantitative estimate of drug-likeness (QED) is 0.711. The van der Waals surface area contributed by atoms with Crippen LogP contribution in [-0.4, -0.2) is 28.5 Å². The molecule has 0 bridgehead atoms. The van der Waals surface area contributed by atoms with E-state index < -0.39 is 0 Å². The fraction of sp³-hybridized carbons (Fsp3) is 0.636. The van der Waals surface area contributed by atoms with Crippen molar-refractivity contribution in [2.75, 3.05) is 7.11 Å². The number of ketones is 1. The summed E-state index contributed by atoms with van der Waals surface area (Å²) in [4.78, 5) is 15.8. The first kappa shape index (κ1) is 11.9. The van der Waals surface area contributed by atoms with E-state index >= 15 is 0 Å². The second-order valence-corrected chi connectivity index (χ2v) is 3.55. The predicted molar refractivity (Wildman–Crippen MR) is 57.6 cm³/mol. The molecule has 15 heavy (non-hydrogen) atoms. The van der Waals surface area contributed by atoms with E-state index in [1.165, 1.54) is 0 Å². The zero-order valence-corrected chi connectivity index (χ0v) is 9.56. The van der Waals surface area contributed by atoms with E-state index in [0.717, 1.165) is 12.2 Å². The van der Waals surface area contributed by atoms with E-state index in [0.29, 0.717) is 12.8 Å². The van der Waals surface area contributed by atoms with Crippen molar-refractivity contribution in [3.8, 4) is 0 Å². The average molecular weight is 210 g/mol. The number of aryl methyl sites for hydroxylation is 2. The van der Waals surface area contributed by atoms with E-state index in [4.69, 9.17) is 4.74 Å². The Morgan fingerprint density at radius 2 is 2.40 bits per heavy atom. The highest BCUT2D eigenvalue weighted by atomic mass is 16.5. The topological polar surface area (TPSA) is 44.1 Å². The van der Waals surface area contributed by atoms with Gasteiger partial charge in [-0.3, -0.25) is 4.79 Å². The summed E-state index contributed by atoms with van der Waals surface area (Å²) in [5, 5.41) is 0. The summed E-state index contributed by atoms with van der Waals surface area (Å²) < 4.78 is 7.02. The molecule has 1 atom stereocenters. The summed E-state index contributed by atoms with van der Waals surface area (Å²) in [6, 6.07) is 0. The normalized spacial score (nSPS) is 12.7. The Morgan fingerprint density at radius 1 is 1.67 bits per heavy atom. The molecule has 84 valence electrons. The van der Waals surface area contributed by atoms with Crippen LogP contribution in [0.25, 0.3) is 0 Å². The first-order chi connectivity index (χ1) is 7.19. The van der Waals surface area contributed by atoms with E-state index in [-0.39, 0.29) is 11.9 Å². The first-order valence-electron chi connectivity index (χ1n) is 5.20. The molecule has 0 saturated carbocycles. The third-order valence-electron chi connectivity index (χ3n) is 2.53. The molecule has 0 radical (unpaired) electrons. The standard InChI is InChI=1S/C11H18N2O2/c1-4-10(15-3)9(14)5-6-11-12-7-8-13(11)2/h7-8,10H,4-6H2,1-3H3. The van der Waals surface area contributed by atoms with E-state index in [1.807, 2.05) is 24.7 Å². The molecule has 1 aromatic rings. The largest absolute Gasteiger partial charge is 0.374 e. The zero-order chi connectivity index (χ0) is 11.3. The Bertz CT molecular complexity index is 316. The van der Waals surface area contributed by atoms with Gasteiger partial charge in [-0.1, -0.05) is 6.92 Å². The number of nitrogens with zero attached hydrogens (tertiary/aromatic N) is 2. The summed E-state index contributed by atoms with van der Waals surface area (Å²) in [7, 11) is 3.51. The minimum absolute atomic E-state index is 0.156. The number of Topliss-reactive ketones (excluding diaryl/α,β-unsaturated/α-hetero) is 1. The Kier molecular flexibility index (Phi) is 4.49. The lowest BCUT2D eigenvalue weighted by Gasteiger charge is -2.11. The van der Waals surface area contributed by atoms with Crippen LogP contribution in [0.2, 0.25) is 0 Å². The maximum absolute atomic E-state index is 11.6. The van der Waals surface area contributed by atoms with Crippen LogP contribution in [-0.2, 0) is 23.0 Å². The van der Waals surface area contributed by atoms with Crippen LogP contribution in [0.15, 0.2) is 12.4 Å². The minimum Gasteiger partial charge on any atom is -0.374 e. The van der Waals surface area contributed by atoms with Crippen LogP contribution < -0.4 is 0 Å². The first-order valence-corrected chi connectivity index (χ1v) is 5.20. The molecule has 0 N–H and O–H groups in total. The number of imidazole rings is 1. The van der Waals surface area contributed by atoms with E-state index in [2.05, 4.69) is 4.98 Å². The van der Waals surface area contributed by atoms with Gasteiger partial charge in [0.05, 0.1) is 0 Å². The van der Waals surface area contributed by atoms with Crippen LogP contribution in [0, 0.1) is 0 Å². The van der Waals surface area contributed by atoms with Crippen LogP contribution in [0.3, 0.4) is 0 Å². The van der Waals surface area contributed by atoms with Crippen LogP contribution in [0.5, 0.6) is 0 Å². The average Bonchev–Trinajstić information content (AvgIpc) is 2.63. The van der Waals surface area contributed by atoms with Gasteiger partial charge in [0, 0.05) is 39.4 Å². The number of aromatic nitrogens is 2. The fourth-order valence-corrected chi connectivity index (χ4v) is 1.56. The van der Waals surface area contributed by atoms with Crippen molar-refractivity contribution in [1.82, 2.24) is 9.55 Å². The molecule has 1 unspecified atom stereocenters. The number of methoxy groups -OCH3 is 1.